The van der Waals surface area contributed by atoms with Crippen LogP contribution in [-0.2, 0) is 15.1 Å². The van der Waals surface area contributed by atoms with Crippen LogP contribution in [0.5, 0.6) is 0 Å². The summed E-state index contributed by atoms with van der Waals surface area (Å²) in [6, 6.07) is 5.66. The number of piperidine rings is 1. The van der Waals surface area contributed by atoms with E-state index in [1.807, 2.05) is 13.1 Å². The third-order valence-electron chi connectivity index (χ3n) is 8.44. The zero-order valence-electron chi connectivity index (χ0n) is 22.6. The number of ether oxygens (including phenoxy) is 1. The number of likely N-dealkylation sites (tertiary alicyclic amines) is 1. The Morgan fingerprint density at radius 1 is 1.22 bits per heavy atom. The number of likely N-dealkylation sites (N-methyl/N-ethyl adjacent to an activating group) is 1. The number of nitrogens with one attached hydrogen (secondary N) is 2. The number of carbonyl (C=O) groups is 1. The lowest BCUT2D eigenvalue weighted by molar-refractivity contribution is -0.122. The molecule has 1 aliphatic carbocycles. The van der Waals surface area contributed by atoms with E-state index in [-0.39, 0.29) is 16.8 Å². The first kappa shape index (κ1) is 29.3. The summed E-state index contributed by atoms with van der Waals surface area (Å²) in [5.41, 5.74) is -0.283. The number of benzene rings is 1. The van der Waals surface area contributed by atoms with Crippen LogP contribution >= 0.6 is 11.6 Å². The highest BCUT2D eigenvalue weighted by molar-refractivity contribution is 6.30. The number of amides is 1. The molecule has 0 spiro atoms. The van der Waals surface area contributed by atoms with E-state index in [0.717, 1.165) is 51.2 Å². The van der Waals surface area contributed by atoms with Crippen molar-refractivity contribution in [2.45, 2.75) is 89.1 Å². The molecule has 1 heterocycles. The van der Waals surface area contributed by atoms with E-state index in [2.05, 4.69) is 15.5 Å². The predicted molar refractivity (Wildman–Crippen MR) is 146 cm³/mol. The first-order chi connectivity index (χ1) is 17.4. The monoisotopic (exact) mass is 523 g/mol. The van der Waals surface area contributed by atoms with Gasteiger partial charge in [-0.05, 0) is 70.0 Å². The molecule has 1 aromatic rings. The molecule has 2 aliphatic rings. The van der Waals surface area contributed by atoms with Crippen LogP contribution in [0.3, 0.4) is 0 Å². The van der Waals surface area contributed by atoms with Crippen LogP contribution in [0.15, 0.2) is 18.2 Å². The van der Waals surface area contributed by atoms with Crippen LogP contribution in [0.1, 0.15) is 83.1 Å². The van der Waals surface area contributed by atoms with Gasteiger partial charge in [-0.3, -0.25) is 9.69 Å². The van der Waals surface area contributed by atoms with Gasteiger partial charge in [-0.1, -0.05) is 55.8 Å². The Bertz CT molecular complexity index is 820. The molecule has 1 amide bonds. The van der Waals surface area contributed by atoms with Gasteiger partial charge in [0, 0.05) is 45.3 Å². The minimum absolute atomic E-state index is 0.0939. The third kappa shape index (κ3) is 7.66. The normalized spacial score (nSPS) is 22.2. The van der Waals surface area contributed by atoms with Gasteiger partial charge in [-0.25, -0.2) is 4.39 Å². The standard InChI is InChI=1S/C29H47ClFN3O2/c1-22(35)33-29(16-7-8-18-36-3,26-14-9-15-27(30)28(26)31)24-13-10-17-34(21-24)25(20-32-2)19-23-11-5-4-6-12-23/h9,14-15,23-25,32H,4-8,10-13,16-21H2,1-3H3,(H,33,35). The van der Waals surface area contributed by atoms with Crippen LogP contribution in [0.4, 0.5) is 4.39 Å². The average Bonchev–Trinajstić information content (AvgIpc) is 2.88. The molecule has 5 nitrogen and oxygen atoms in total. The molecule has 1 saturated carbocycles. The second kappa shape index (κ2) is 14.7. The molecule has 1 aliphatic heterocycles. The maximum Gasteiger partial charge on any atom is 0.217 e. The van der Waals surface area contributed by atoms with Crippen molar-refractivity contribution in [3.05, 3.63) is 34.6 Å². The van der Waals surface area contributed by atoms with E-state index >= 15 is 4.39 Å². The van der Waals surface area contributed by atoms with E-state index < -0.39 is 11.4 Å². The first-order valence-corrected chi connectivity index (χ1v) is 14.4. The summed E-state index contributed by atoms with van der Waals surface area (Å²) in [5.74, 6) is 0.339. The van der Waals surface area contributed by atoms with Crippen molar-refractivity contribution in [2.24, 2.45) is 11.8 Å². The van der Waals surface area contributed by atoms with Crippen LogP contribution < -0.4 is 10.6 Å². The van der Waals surface area contributed by atoms with Crippen LogP contribution in [0.2, 0.25) is 5.02 Å². The molecular formula is C29H47ClFN3O2. The largest absolute Gasteiger partial charge is 0.385 e. The van der Waals surface area contributed by atoms with Crippen molar-refractivity contribution >= 4 is 17.5 Å². The molecule has 36 heavy (non-hydrogen) atoms. The van der Waals surface area contributed by atoms with Crippen LogP contribution in [0, 0.1) is 17.7 Å². The highest BCUT2D eigenvalue weighted by Gasteiger charge is 2.45. The Balaban J connectivity index is 1.92. The summed E-state index contributed by atoms with van der Waals surface area (Å²) in [6.45, 7) is 5.04. The van der Waals surface area contributed by atoms with Crippen molar-refractivity contribution < 1.29 is 13.9 Å². The van der Waals surface area contributed by atoms with Crippen molar-refractivity contribution in [3.8, 4) is 0 Å². The fourth-order valence-electron chi connectivity index (χ4n) is 6.75. The smallest absolute Gasteiger partial charge is 0.217 e. The lowest BCUT2D eigenvalue weighted by Crippen LogP contribution is -2.58. The molecule has 0 bridgehead atoms. The summed E-state index contributed by atoms with van der Waals surface area (Å²) in [5, 5.41) is 6.82. The third-order valence-corrected chi connectivity index (χ3v) is 8.73. The Labute approximate surface area is 222 Å². The van der Waals surface area contributed by atoms with Gasteiger partial charge in [0.15, 0.2) is 0 Å². The number of unbranched alkanes of at least 4 members (excludes halogenated alkanes) is 1. The fourth-order valence-corrected chi connectivity index (χ4v) is 6.92. The highest BCUT2D eigenvalue weighted by Crippen LogP contribution is 2.43. The van der Waals surface area contributed by atoms with E-state index in [1.54, 1.807) is 26.2 Å². The Morgan fingerprint density at radius 3 is 2.69 bits per heavy atom. The van der Waals surface area contributed by atoms with E-state index in [0.29, 0.717) is 24.6 Å². The van der Waals surface area contributed by atoms with E-state index in [1.165, 1.54) is 38.5 Å². The number of hydrogen-bond acceptors (Lipinski definition) is 4. The minimum Gasteiger partial charge on any atom is -0.385 e. The number of carbonyl (C=O) groups excluding carboxylic acids is 1. The summed E-state index contributed by atoms with van der Waals surface area (Å²) in [4.78, 5) is 15.2. The van der Waals surface area contributed by atoms with Gasteiger partial charge < -0.3 is 15.4 Å². The topological polar surface area (TPSA) is 53.6 Å². The van der Waals surface area contributed by atoms with E-state index in [4.69, 9.17) is 16.3 Å². The lowest BCUT2D eigenvalue weighted by Gasteiger charge is -2.48. The van der Waals surface area contributed by atoms with Gasteiger partial charge in [-0.15, -0.1) is 0 Å². The molecule has 3 unspecified atom stereocenters. The van der Waals surface area contributed by atoms with Gasteiger partial charge in [-0.2, -0.15) is 0 Å². The Hall–Kier alpha value is -1.21. The molecular weight excluding hydrogens is 477 g/mol. The molecule has 2 N–H and O–H groups in total. The van der Waals surface area contributed by atoms with Gasteiger partial charge >= 0.3 is 0 Å². The lowest BCUT2D eigenvalue weighted by atomic mass is 9.70. The molecule has 1 aromatic carbocycles. The predicted octanol–water partition coefficient (Wildman–Crippen LogP) is 5.90. The maximum absolute atomic E-state index is 15.6. The van der Waals surface area contributed by atoms with Crippen molar-refractivity contribution in [3.63, 3.8) is 0 Å². The molecule has 204 valence electrons. The quantitative estimate of drug-likeness (QED) is 0.316. The van der Waals surface area contributed by atoms with Crippen molar-refractivity contribution in [1.29, 1.82) is 0 Å². The SMILES string of the molecule is CNCC(CC1CCCCC1)N1CCCC(C(CCCCOC)(NC(C)=O)c2cccc(Cl)c2F)C1. The second-order valence-electron chi connectivity index (χ2n) is 11.0. The van der Waals surface area contributed by atoms with Gasteiger partial charge in [0.05, 0.1) is 10.6 Å². The number of hydrogen-bond donors (Lipinski definition) is 2. The number of nitrogens with zero attached hydrogens (tertiary/aromatic N) is 1. The Kier molecular flexibility index (Phi) is 11.9. The summed E-state index contributed by atoms with van der Waals surface area (Å²) in [6.07, 6.45) is 12.3. The summed E-state index contributed by atoms with van der Waals surface area (Å²) < 4.78 is 20.9. The molecule has 3 atom stereocenters. The van der Waals surface area contributed by atoms with E-state index in [9.17, 15) is 4.79 Å². The maximum atomic E-state index is 15.6. The number of rotatable bonds is 13. The average molecular weight is 524 g/mol. The highest BCUT2D eigenvalue weighted by atomic mass is 35.5. The van der Waals surface area contributed by atoms with Crippen LogP contribution in [0.25, 0.3) is 0 Å². The number of halogens is 2. The molecule has 7 heteroatoms. The molecule has 3 rings (SSSR count). The van der Waals surface area contributed by atoms with Gasteiger partial charge in [0.1, 0.15) is 5.82 Å². The molecule has 1 saturated heterocycles. The molecule has 0 aromatic heterocycles. The van der Waals surface area contributed by atoms with Crippen LogP contribution in [-0.4, -0.2) is 57.2 Å². The summed E-state index contributed by atoms with van der Waals surface area (Å²) >= 11 is 6.28. The molecule has 2 fully saturated rings. The van der Waals surface area contributed by atoms with Gasteiger partial charge in [0.25, 0.3) is 0 Å². The van der Waals surface area contributed by atoms with Crippen molar-refractivity contribution in [1.82, 2.24) is 15.5 Å². The zero-order chi connectivity index (χ0) is 26.0. The Morgan fingerprint density at radius 2 is 2.00 bits per heavy atom. The second-order valence-corrected chi connectivity index (χ2v) is 11.4. The fraction of sp³-hybridized carbons (Fsp3) is 0.759. The molecule has 0 radical (unpaired) electrons. The van der Waals surface area contributed by atoms with Gasteiger partial charge in [0.2, 0.25) is 5.91 Å². The van der Waals surface area contributed by atoms with Crippen molar-refractivity contribution in [2.75, 3.05) is 40.4 Å². The zero-order valence-corrected chi connectivity index (χ0v) is 23.3. The number of methoxy groups -OCH3 is 1. The first-order valence-electron chi connectivity index (χ1n) is 14.0. The minimum atomic E-state index is -0.803. The summed E-state index contributed by atoms with van der Waals surface area (Å²) in [7, 11) is 3.74.